The summed E-state index contributed by atoms with van der Waals surface area (Å²) in [6.45, 7) is 4.31. The number of methoxy groups -OCH3 is 2. The molecule has 8 nitrogen and oxygen atoms in total. The average molecular weight is 384 g/mol. The fourth-order valence-corrected chi connectivity index (χ4v) is 3.26. The van der Waals surface area contributed by atoms with Crippen molar-refractivity contribution >= 4 is 11.9 Å². The molecule has 0 atom stereocenters. The van der Waals surface area contributed by atoms with Gasteiger partial charge in [-0.2, -0.15) is 0 Å². The first-order valence-electron chi connectivity index (χ1n) is 9.43. The highest BCUT2D eigenvalue weighted by molar-refractivity contribution is 5.80. The first-order valence-corrected chi connectivity index (χ1v) is 9.43. The molecule has 3 rings (SSSR count). The Morgan fingerprint density at radius 1 is 1.07 bits per heavy atom. The van der Waals surface area contributed by atoms with E-state index < -0.39 is 0 Å². The maximum atomic E-state index is 5.37. The number of hydrogen-bond donors (Lipinski definition) is 1. The van der Waals surface area contributed by atoms with Gasteiger partial charge in [0.05, 0.1) is 14.2 Å². The van der Waals surface area contributed by atoms with E-state index in [4.69, 9.17) is 9.47 Å². The summed E-state index contributed by atoms with van der Waals surface area (Å²) in [4.78, 5) is 17.6. The van der Waals surface area contributed by atoms with Crippen LogP contribution in [0.4, 0.5) is 5.95 Å². The van der Waals surface area contributed by atoms with Gasteiger partial charge in [0, 0.05) is 52.2 Å². The fourth-order valence-electron chi connectivity index (χ4n) is 3.26. The zero-order valence-corrected chi connectivity index (χ0v) is 16.8. The van der Waals surface area contributed by atoms with Gasteiger partial charge in [-0.3, -0.25) is 4.99 Å². The average Bonchev–Trinajstić information content (AvgIpc) is 2.77. The molecule has 0 radical (unpaired) electrons. The summed E-state index contributed by atoms with van der Waals surface area (Å²) in [5, 5.41) is 3.46. The lowest BCUT2D eigenvalue weighted by Crippen LogP contribution is -2.53. The summed E-state index contributed by atoms with van der Waals surface area (Å²) < 4.78 is 10.7. The van der Waals surface area contributed by atoms with Crippen molar-refractivity contribution in [1.82, 2.24) is 20.2 Å². The Balaban J connectivity index is 1.49. The van der Waals surface area contributed by atoms with Crippen LogP contribution in [0.1, 0.15) is 5.56 Å². The van der Waals surface area contributed by atoms with Gasteiger partial charge in [-0.25, -0.2) is 9.97 Å². The molecule has 0 bridgehead atoms. The number of nitrogens with one attached hydrogen (secondary N) is 1. The monoisotopic (exact) mass is 384 g/mol. The van der Waals surface area contributed by atoms with Crippen molar-refractivity contribution in [2.45, 2.75) is 6.42 Å². The molecule has 2 aromatic rings. The first-order chi connectivity index (χ1) is 13.7. The largest absolute Gasteiger partial charge is 0.493 e. The number of rotatable bonds is 6. The number of aliphatic imine (C=N–C) groups is 1. The lowest BCUT2D eigenvalue weighted by molar-refractivity contribution is 0.354. The van der Waals surface area contributed by atoms with Crippen molar-refractivity contribution < 1.29 is 9.47 Å². The Morgan fingerprint density at radius 3 is 2.43 bits per heavy atom. The zero-order valence-electron chi connectivity index (χ0n) is 16.8. The summed E-state index contributed by atoms with van der Waals surface area (Å²) in [7, 11) is 5.13. The van der Waals surface area contributed by atoms with Gasteiger partial charge >= 0.3 is 0 Å². The van der Waals surface area contributed by atoms with Gasteiger partial charge in [-0.1, -0.05) is 6.07 Å². The second kappa shape index (κ2) is 9.77. The normalized spacial score (nSPS) is 14.8. The number of aromatic nitrogens is 2. The third-order valence-electron chi connectivity index (χ3n) is 4.77. The smallest absolute Gasteiger partial charge is 0.225 e. The molecule has 150 valence electrons. The molecule has 0 spiro atoms. The highest BCUT2D eigenvalue weighted by Crippen LogP contribution is 2.27. The number of benzene rings is 1. The fraction of sp³-hybridized carbons (Fsp3) is 0.450. The topological polar surface area (TPSA) is 75.1 Å². The molecule has 1 aromatic heterocycles. The molecule has 1 aromatic carbocycles. The summed E-state index contributed by atoms with van der Waals surface area (Å²) in [5.74, 6) is 3.21. The van der Waals surface area contributed by atoms with Gasteiger partial charge in [0.25, 0.3) is 0 Å². The summed E-state index contributed by atoms with van der Waals surface area (Å²) in [6, 6.07) is 7.85. The number of piperazine rings is 1. The molecule has 0 unspecified atom stereocenters. The number of nitrogens with zero attached hydrogens (tertiary/aromatic N) is 5. The van der Waals surface area contributed by atoms with Gasteiger partial charge in [0.1, 0.15) is 0 Å². The summed E-state index contributed by atoms with van der Waals surface area (Å²) in [5.41, 5.74) is 1.19. The van der Waals surface area contributed by atoms with E-state index in [1.165, 1.54) is 5.56 Å². The Morgan fingerprint density at radius 2 is 1.79 bits per heavy atom. The SMILES string of the molecule is CN=C(NCCc1ccc(OC)c(OC)c1)N1CCN(c2ncccn2)CC1. The van der Waals surface area contributed by atoms with Crippen LogP contribution in [0, 0.1) is 0 Å². The molecule has 1 aliphatic rings. The predicted octanol–water partition coefficient (Wildman–Crippen LogP) is 1.43. The van der Waals surface area contributed by atoms with E-state index in [2.05, 4.69) is 36.1 Å². The van der Waals surface area contributed by atoms with Crippen molar-refractivity contribution in [3.63, 3.8) is 0 Å². The second-order valence-electron chi connectivity index (χ2n) is 6.44. The van der Waals surface area contributed by atoms with Crippen molar-refractivity contribution in [3.8, 4) is 11.5 Å². The van der Waals surface area contributed by atoms with Gasteiger partial charge in [-0.15, -0.1) is 0 Å². The Hall–Kier alpha value is -3.03. The van der Waals surface area contributed by atoms with Gasteiger partial charge in [0.15, 0.2) is 17.5 Å². The third kappa shape index (κ3) is 4.82. The van der Waals surface area contributed by atoms with E-state index in [1.54, 1.807) is 26.6 Å². The number of anilines is 1. The van der Waals surface area contributed by atoms with Crippen molar-refractivity contribution in [1.29, 1.82) is 0 Å². The maximum absolute atomic E-state index is 5.37. The summed E-state index contributed by atoms with van der Waals surface area (Å²) >= 11 is 0. The van der Waals surface area contributed by atoms with Crippen LogP contribution < -0.4 is 19.7 Å². The zero-order chi connectivity index (χ0) is 19.8. The van der Waals surface area contributed by atoms with Crippen molar-refractivity contribution in [3.05, 3.63) is 42.2 Å². The van der Waals surface area contributed by atoms with E-state index in [-0.39, 0.29) is 0 Å². The van der Waals surface area contributed by atoms with Crippen LogP contribution in [0.3, 0.4) is 0 Å². The van der Waals surface area contributed by atoms with E-state index in [0.29, 0.717) is 0 Å². The highest BCUT2D eigenvalue weighted by atomic mass is 16.5. The minimum absolute atomic E-state index is 0.746. The van der Waals surface area contributed by atoms with E-state index >= 15 is 0 Å². The molecular weight excluding hydrogens is 356 g/mol. The Labute approximate surface area is 166 Å². The van der Waals surface area contributed by atoms with Crippen LogP contribution >= 0.6 is 0 Å². The van der Waals surface area contributed by atoms with Crippen molar-refractivity contribution in [2.75, 3.05) is 58.9 Å². The molecule has 0 amide bonds. The molecule has 2 heterocycles. The Kier molecular flexibility index (Phi) is 6.89. The number of guanidine groups is 1. The molecule has 1 fully saturated rings. The van der Waals surface area contributed by atoms with Crippen LogP contribution in [0.5, 0.6) is 11.5 Å². The third-order valence-corrected chi connectivity index (χ3v) is 4.77. The molecule has 1 aliphatic heterocycles. The van der Waals surface area contributed by atoms with E-state index in [1.807, 2.05) is 25.2 Å². The molecule has 0 saturated carbocycles. The minimum Gasteiger partial charge on any atom is -0.493 e. The van der Waals surface area contributed by atoms with Gasteiger partial charge in [-0.05, 0) is 30.2 Å². The molecule has 0 aliphatic carbocycles. The van der Waals surface area contributed by atoms with E-state index in [9.17, 15) is 0 Å². The highest BCUT2D eigenvalue weighted by Gasteiger charge is 2.20. The molecule has 1 N–H and O–H groups in total. The van der Waals surface area contributed by atoms with Gasteiger partial charge < -0.3 is 24.6 Å². The van der Waals surface area contributed by atoms with Crippen LogP contribution in [-0.2, 0) is 6.42 Å². The number of ether oxygens (including phenoxy) is 2. The molecular formula is C20H28N6O2. The quantitative estimate of drug-likeness (QED) is 0.596. The van der Waals surface area contributed by atoms with Crippen molar-refractivity contribution in [2.24, 2.45) is 4.99 Å². The first kappa shape index (κ1) is 19.7. The van der Waals surface area contributed by atoms with E-state index in [0.717, 1.165) is 62.6 Å². The molecule has 8 heteroatoms. The van der Waals surface area contributed by atoms with Crippen LogP contribution in [0.2, 0.25) is 0 Å². The Bertz CT molecular complexity index is 776. The second-order valence-corrected chi connectivity index (χ2v) is 6.44. The lowest BCUT2D eigenvalue weighted by Gasteiger charge is -2.36. The summed E-state index contributed by atoms with van der Waals surface area (Å²) in [6.07, 6.45) is 4.43. The predicted molar refractivity (Wildman–Crippen MR) is 110 cm³/mol. The molecule has 28 heavy (non-hydrogen) atoms. The maximum Gasteiger partial charge on any atom is 0.225 e. The van der Waals surface area contributed by atoms with Crippen LogP contribution in [-0.4, -0.2) is 74.8 Å². The van der Waals surface area contributed by atoms with Gasteiger partial charge in [0.2, 0.25) is 5.95 Å². The lowest BCUT2D eigenvalue weighted by atomic mass is 10.1. The minimum atomic E-state index is 0.746. The number of hydrogen-bond acceptors (Lipinski definition) is 6. The van der Waals surface area contributed by atoms with Crippen LogP contribution in [0.15, 0.2) is 41.7 Å². The standard InChI is InChI=1S/C20H28N6O2/c1-21-19(24-10-7-16-5-6-17(27-2)18(15-16)28-3)25-11-13-26(14-12-25)20-22-8-4-9-23-20/h4-6,8-9,15H,7,10-14H2,1-3H3,(H,21,24). The molecule has 1 saturated heterocycles. The van der Waals surface area contributed by atoms with Crippen LogP contribution in [0.25, 0.3) is 0 Å².